The Labute approximate surface area is 190 Å². The normalized spacial score (nSPS) is 15.5. The van der Waals surface area contributed by atoms with Crippen LogP contribution in [0, 0.1) is 0 Å². The summed E-state index contributed by atoms with van der Waals surface area (Å²) in [5, 5.41) is 0. The maximum absolute atomic E-state index is 8.19. The third-order valence-electron chi connectivity index (χ3n) is 6.51. The van der Waals surface area contributed by atoms with Crippen molar-refractivity contribution in [3.05, 3.63) is 96.1 Å². The highest BCUT2D eigenvalue weighted by Crippen LogP contribution is 2.29. The molecule has 1 aliphatic rings. The van der Waals surface area contributed by atoms with Gasteiger partial charge in [-0.15, -0.1) is 0 Å². The minimum Gasteiger partial charge on any atom is -0.309 e. The molecule has 1 aromatic heterocycles. The highest BCUT2D eigenvalue weighted by Gasteiger charge is 2.26. The van der Waals surface area contributed by atoms with Crippen molar-refractivity contribution >= 4 is 17.0 Å². The standard InChI is InChI=1S/C27H30N5/c28-27-29-24-14-7-8-15-25(24)32(27)17-9-16-30-18-20-31(21-19-30)26(22-10-3-1-4-11-22)23-12-5-2-6-13-23/h1-8,10-15,26,28H,9,16-21H2. The Hall–Kier alpha value is -3.15. The topological polar surface area (TPSA) is 48.1 Å². The van der Waals surface area contributed by atoms with Crippen molar-refractivity contribution in [2.75, 3.05) is 32.7 Å². The second-order valence-corrected chi connectivity index (χ2v) is 8.53. The summed E-state index contributed by atoms with van der Waals surface area (Å²) in [6, 6.07) is 30.1. The molecular formula is C27H30N5. The fourth-order valence-electron chi connectivity index (χ4n) is 4.88. The molecule has 5 heteroatoms. The number of nitrogens with one attached hydrogen (secondary N) is 1. The molecule has 1 aliphatic heterocycles. The van der Waals surface area contributed by atoms with Crippen molar-refractivity contribution < 1.29 is 0 Å². The first-order valence-electron chi connectivity index (χ1n) is 11.5. The van der Waals surface area contributed by atoms with Crippen molar-refractivity contribution in [2.24, 2.45) is 0 Å². The van der Waals surface area contributed by atoms with Crippen LogP contribution in [0.3, 0.4) is 0 Å². The minimum atomic E-state index is 0.308. The summed E-state index contributed by atoms with van der Waals surface area (Å²) in [4.78, 5) is 9.55. The van der Waals surface area contributed by atoms with Gasteiger partial charge < -0.3 is 9.47 Å². The smallest absolute Gasteiger partial charge is 0.223 e. The molecule has 0 saturated carbocycles. The van der Waals surface area contributed by atoms with Gasteiger partial charge in [0.25, 0.3) is 0 Å². The lowest BCUT2D eigenvalue weighted by molar-refractivity contribution is 0.108. The van der Waals surface area contributed by atoms with Gasteiger partial charge in [0.05, 0.1) is 17.1 Å². The van der Waals surface area contributed by atoms with E-state index >= 15 is 0 Å². The van der Waals surface area contributed by atoms with E-state index in [1.54, 1.807) is 0 Å². The Balaban J connectivity index is 1.20. The van der Waals surface area contributed by atoms with E-state index < -0.39 is 0 Å². The molecule has 2 heterocycles. The molecule has 1 radical (unpaired) electrons. The van der Waals surface area contributed by atoms with E-state index in [1.165, 1.54) is 11.1 Å². The summed E-state index contributed by atoms with van der Waals surface area (Å²) in [5.74, 6) is 0.365. The number of aryl methyl sites for hydroxylation is 1. The van der Waals surface area contributed by atoms with Crippen LogP contribution in [0.2, 0.25) is 0 Å². The molecule has 0 unspecified atom stereocenters. The van der Waals surface area contributed by atoms with Gasteiger partial charge in [0.2, 0.25) is 5.95 Å². The molecule has 0 aliphatic carbocycles. The molecule has 1 saturated heterocycles. The van der Waals surface area contributed by atoms with Crippen LogP contribution in [-0.2, 0) is 6.54 Å². The quantitative estimate of drug-likeness (QED) is 0.430. The molecule has 3 aromatic carbocycles. The number of para-hydroxylation sites is 2. The second-order valence-electron chi connectivity index (χ2n) is 8.53. The number of imidazole rings is 1. The molecule has 0 atom stereocenters. The second kappa shape index (κ2) is 9.55. The van der Waals surface area contributed by atoms with E-state index in [9.17, 15) is 0 Å². The number of aromatic nitrogens is 2. The number of nitrogens with zero attached hydrogens (tertiary/aromatic N) is 4. The lowest BCUT2D eigenvalue weighted by Crippen LogP contribution is -2.48. The predicted molar refractivity (Wildman–Crippen MR) is 130 cm³/mol. The fourth-order valence-corrected chi connectivity index (χ4v) is 4.88. The number of piperazine rings is 1. The third-order valence-corrected chi connectivity index (χ3v) is 6.51. The van der Waals surface area contributed by atoms with E-state index in [2.05, 4.69) is 81.5 Å². The van der Waals surface area contributed by atoms with E-state index in [-0.39, 0.29) is 0 Å². The Bertz CT molecular complexity index is 1090. The molecule has 163 valence electrons. The number of hydrogen-bond acceptors (Lipinski definition) is 3. The first-order chi connectivity index (χ1) is 15.8. The highest BCUT2D eigenvalue weighted by atomic mass is 15.3. The molecule has 0 amide bonds. The van der Waals surface area contributed by atoms with Gasteiger partial charge in [-0.2, -0.15) is 0 Å². The van der Waals surface area contributed by atoms with Crippen LogP contribution in [0.4, 0.5) is 5.95 Å². The summed E-state index contributed by atoms with van der Waals surface area (Å²) in [5.41, 5.74) is 12.9. The molecular weight excluding hydrogens is 394 g/mol. The van der Waals surface area contributed by atoms with E-state index in [0.29, 0.717) is 12.0 Å². The van der Waals surface area contributed by atoms with Crippen molar-refractivity contribution in [1.82, 2.24) is 25.1 Å². The van der Waals surface area contributed by atoms with Crippen molar-refractivity contribution in [3.63, 3.8) is 0 Å². The zero-order valence-electron chi connectivity index (χ0n) is 18.4. The summed E-state index contributed by atoms with van der Waals surface area (Å²) in [6.45, 7) is 6.18. The van der Waals surface area contributed by atoms with Crippen molar-refractivity contribution in [2.45, 2.75) is 19.0 Å². The Morgan fingerprint density at radius 2 is 1.31 bits per heavy atom. The number of fused-ring (bicyclic) bond motifs is 1. The zero-order valence-corrected chi connectivity index (χ0v) is 18.4. The fraction of sp³-hybridized carbons (Fsp3) is 0.296. The van der Waals surface area contributed by atoms with Crippen LogP contribution in [0.5, 0.6) is 0 Å². The van der Waals surface area contributed by atoms with Crippen LogP contribution in [0.25, 0.3) is 11.0 Å². The molecule has 32 heavy (non-hydrogen) atoms. The largest absolute Gasteiger partial charge is 0.309 e. The Kier molecular flexibility index (Phi) is 6.19. The van der Waals surface area contributed by atoms with Gasteiger partial charge in [0, 0.05) is 32.7 Å². The van der Waals surface area contributed by atoms with Gasteiger partial charge in [0.1, 0.15) is 0 Å². The molecule has 1 fully saturated rings. The first kappa shape index (κ1) is 20.7. The van der Waals surface area contributed by atoms with Crippen LogP contribution in [0.15, 0.2) is 84.9 Å². The SMILES string of the molecule is [NH]c1nc2ccccc2n1CCCN1CCN(C(c2ccccc2)c2ccccc2)CC1. The molecule has 0 spiro atoms. The third kappa shape index (κ3) is 4.40. The van der Waals surface area contributed by atoms with Crippen LogP contribution < -0.4 is 5.73 Å². The minimum absolute atomic E-state index is 0.308. The predicted octanol–water partition coefficient (Wildman–Crippen LogP) is 4.75. The molecule has 5 nitrogen and oxygen atoms in total. The van der Waals surface area contributed by atoms with Gasteiger partial charge in [-0.1, -0.05) is 72.8 Å². The van der Waals surface area contributed by atoms with E-state index in [4.69, 9.17) is 5.73 Å². The lowest BCUT2D eigenvalue weighted by atomic mass is 9.96. The van der Waals surface area contributed by atoms with Gasteiger partial charge >= 0.3 is 0 Å². The number of hydrogen-bond donors (Lipinski definition) is 0. The van der Waals surface area contributed by atoms with E-state index in [0.717, 1.165) is 56.7 Å². The number of benzene rings is 3. The average Bonchev–Trinajstić information content (AvgIpc) is 3.17. The molecule has 1 N–H and O–H groups in total. The summed E-state index contributed by atoms with van der Waals surface area (Å²) in [6.07, 6.45) is 1.03. The van der Waals surface area contributed by atoms with Crippen LogP contribution >= 0.6 is 0 Å². The number of rotatable bonds is 7. The summed E-state index contributed by atoms with van der Waals surface area (Å²) < 4.78 is 2.03. The Morgan fingerprint density at radius 1 is 0.719 bits per heavy atom. The van der Waals surface area contributed by atoms with Gasteiger partial charge in [-0.3, -0.25) is 10.6 Å². The van der Waals surface area contributed by atoms with Gasteiger partial charge in [-0.25, -0.2) is 4.98 Å². The maximum atomic E-state index is 8.19. The molecule has 5 rings (SSSR count). The summed E-state index contributed by atoms with van der Waals surface area (Å²) >= 11 is 0. The van der Waals surface area contributed by atoms with E-state index in [1.807, 2.05) is 22.8 Å². The van der Waals surface area contributed by atoms with Crippen LogP contribution in [0.1, 0.15) is 23.6 Å². The monoisotopic (exact) mass is 424 g/mol. The van der Waals surface area contributed by atoms with Crippen LogP contribution in [-0.4, -0.2) is 52.1 Å². The Morgan fingerprint density at radius 3 is 1.97 bits per heavy atom. The lowest BCUT2D eigenvalue weighted by Gasteiger charge is -2.40. The summed E-state index contributed by atoms with van der Waals surface area (Å²) in [7, 11) is 0. The maximum Gasteiger partial charge on any atom is 0.223 e. The highest BCUT2D eigenvalue weighted by molar-refractivity contribution is 5.77. The molecule has 0 bridgehead atoms. The average molecular weight is 425 g/mol. The van der Waals surface area contributed by atoms with Gasteiger partial charge in [-0.05, 0) is 36.2 Å². The zero-order chi connectivity index (χ0) is 21.8. The van der Waals surface area contributed by atoms with Gasteiger partial charge in [0.15, 0.2) is 0 Å². The van der Waals surface area contributed by atoms with Crippen molar-refractivity contribution in [1.29, 1.82) is 0 Å². The first-order valence-corrected chi connectivity index (χ1v) is 11.5. The van der Waals surface area contributed by atoms with Crippen molar-refractivity contribution in [3.8, 4) is 0 Å². The molecule has 4 aromatic rings.